The van der Waals surface area contributed by atoms with Crippen LogP contribution >= 0.6 is 0 Å². The fourth-order valence-electron chi connectivity index (χ4n) is 3.36. The minimum Gasteiger partial charge on any atom is -0.349 e. The maximum absolute atomic E-state index is 12.5. The van der Waals surface area contributed by atoms with Gasteiger partial charge in [-0.2, -0.15) is 0 Å². The molecule has 29 heavy (non-hydrogen) atoms. The molecule has 2 rings (SSSR count). The van der Waals surface area contributed by atoms with Crippen molar-refractivity contribution >= 4 is 21.6 Å². The van der Waals surface area contributed by atoms with Gasteiger partial charge in [0.15, 0.2) is 0 Å². The van der Waals surface area contributed by atoms with Crippen LogP contribution in [-0.2, 0) is 14.8 Å². The Hall–Kier alpha value is -2.34. The minimum absolute atomic E-state index is 0.0378. The summed E-state index contributed by atoms with van der Waals surface area (Å²) in [5, 5.41) is 3.09. The highest BCUT2D eigenvalue weighted by Crippen LogP contribution is 2.23. The highest BCUT2D eigenvalue weighted by Gasteiger charge is 2.19. The maximum atomic E-state index is 12.5. The number of aryl methyl sites for hydroxylation is 3. The van der Waals surface area contributed by atoms with Gasteiger partial charge in [-0.15, -0.1) is 0 Å². The third-order valence-corrected chi connectivity index (χ3v) is 6.41. The van der Waals surface area contributed by atoms with E-state index in [1.165, 1.54) is 21.7 Å². The average molecular weight is 417 g/mol. The molecule has 0 saturated carbocycles. The summed E-state index contributed by atoms with van der Waals surface area (Å²) in [6, 6.07) is 13.6. The Labute approximate surface area is 175 Å². The van der Waals surface area contributed by atoms with Crippen molar-refractivity contribution in [3.8, 4) is 0 Å². The number of hydrogen-bond acceptors (Lipinski definition) is 3. The highest BCUT2D eigenvalue weighted by molar-refractivity contribution is 7.92. The van der Waals surface area contributed by atoms with Crippen LogP contribution in [0.15, 0.2) is 42.5 Å². The molecular weight excluding hydrogens is 384 g/mol. The first-order chi connectivity index (χ1) is 13.6. The van der Waals surface area contributed by atoms with Crippen molar-refractivity contribution < 1.29 is 13.2 Å². The van der Waals surface area contributed by atoms with Gasteiger partial charge in [0.2, 0.25) is 15.9 Å². The summed E-state index contributed by atoms with van der Waals surface area (Å²) in [6.07, 6.45) is 2.73. The molecule has 158 valence electrons. The molecule has 0 spiro atoms. The number of carbonyl (C=O) groups is 1. The Balaban J connectivity index is 1.99. The van der Waals surface area contributed by atoms with Gasteiger partial charge in [0.05, 0.1) is 18.0 Å². The van der Waals surface area contributed by atoms with Gasteiger partial charge in [-0.1, -0.05) is 43.3 Å². The first-order valence-electron chi connectivity index (χ1n) is 10.0. The van der Waals surface area contributed by atoms with Crippen LogP contribution < -0.4 is 9.62 Å². The van der Waals surface area contributed by atoms with Crippen LogP contribution in [0.25, 0.3) is 0 Å². The van der Waals surface area contributed by atoms with Crippen molar-refractivity contribution in [2.45, 2.75) is 53.0 Å². The Morgan fingerprint density at radius 3 is 2.31 bits per heavy atom. The number of sulfonamides is 1. The van der Waals surface area contributed by atoms with Crippen LogP contribution in [-0.4, -0.2) is 27.1 Å². The monoisotopic (exact) mass is 416 g/mol. The predicted molar refractivity (Wildman–Crippen MR) is 120 cm³/mol. The van der Waals surface area contributed by atoms with E-state index in [-0.39, 0.29) is 24.9 Å². The van der Waals surface area contributed by atoms with E-state index < -0.39 is 10.0 Å². The quantitative estimate of drug-likeness (QED) is 0.658. The normalized spacial score (nSPS) is 12.4. The Morgan fingerprint density at radius 2 is 1.72 bits per heavy atom. The van der Waals surface area contributed by atoms with E-state index in [2.05, 4.69) is 37.4 Å². The molecule has 1 amide bonds. The van der Waals surface area contributed by atoms with Gasteiger partial charge < -0.3 is 5.32 Å². The van der Waals surface area contributed by atoms with E-state index in [1.54, 1.807) is 6.07 Å². The molecule has 0 bridgehead atoms. The summed E-state index contributed by atoms with van der Waals surface area (Å²) in [5.74, 6) is -0.0617. The third-order valence-electron chi connectivity index (χ3n) is 5.23. The highest BCUT2D eigenvalue weighted by atomic mass is 32.2. The Bertz CT molecular complexity index is 954. The van der Waals surface area contributed by atoms with Gasteiger partial charge in [0, 0.05) is 13.0 Å². The van der Waals surface area contributed by atoms with Gasteiger partial charge in [0.1, 0.15) is 0 Å². The standard InChI is InChI=1S/C23H32N2O3S/c1-6-21(20-14-13-17(2)19(4)16-20)24-23(26)12-9-15-25(29(5,27)28)22-11-8-7-10-18(22)3/h7-8,10-11,13-14,16,21H,6,9,12,15H2,1-5H3,(H,24,26)/t21-/m1/s1. The van der Waals surface area contributed by atoms with Gasteiger partial charge in [-0.25, -0.2) is 8.42 Å². The number of amides is 1. The summed E-state index contributed by atoms with van der Waals surface area (Å²) < 4.78 is 25.9. The van der Waals surface area contributed by atoms with E-state index >= 15 is 0 Å². The van der Waals surface area contributed by atoms with Crippen LogP contribution in [0.1, 0.15) is 54.5 Å². The number of carbonyl (C=O) groups excluding carboxylic acids is 1. The lowest BCUT2D eigenvalue weighted by atomic mass is 9.99. The summed E-state index contributed by atoms with van der Waals surface area (Å²) in [7, 11) is -3.42. The molecule has 0 aliphatic rings. The molecule has 5 nitrogen and oxygen atoms in total. The molecule has 1 N–H and O–H groups in total. The predicted octanol–water partition coefficient (Wildman–Crippen LogP) is 4.43. The first kappa shape index (κ1) is 22.9. The number of hydrogen-bond donors (Lipinski definition) is 1. The lowest BCUT2D eigenvalue weighted by molar-refractivity contribution is -0.121. The van der Waals surface area contributed by atoms with Gasteiger partial charge >= 0.3 is 0 Å². The first-order valence-corrected chi connectivity index (χ1v) is 11.9. The molecule has 0 fully saturated rings. The van der Waals surface area contributed by atoms with Crippen molar-refractivity contribution in [3.05, 3.63) is 64.7 Å². The summed E-state index contributed by atoms with van der Waals surface area (Å²) in [4.78, 5) is 12.5. The van der Waals surface area contributed by atoms with Crippen LogP contribution in [0, 0.1) is 20.8 Å². The fourth-order valence-corrected chi connectivity index (χ4v) is 4.38. The lowest BCUT2D eigenvalue weighted by Crippen LogP contribution is -2.33. The lowest BCUT2D eigenvalue weighted by Gasteiger charge is -2.24. The van der Waals surface area contributed by atoms with Gasteiger partial charge in [0.25, 0.3) is 0 Å². The molecule has 1 atom stereocenters. The van der Waals surface area contributed by atoms with Crippen molar-refractivity contribution in [1.82, 2.24) is 5.32 Å². The number of para-hydroxylation sites is 1. The van der Waals surface area contributed by atoms with Crippen molar-refractivity contribution in [1.29, 1.82) is 0 Å². The summed E-state index contributed by atoms with van der Waals surface area (Å²) >= 11 is 0. The molecule has 0 aliphatic heterocycles. The fraction of sp³-hybridized carbons (Fsp3) is 0.435. The van der Waals surface area contributed by atoms with Crippen molar-refractivity contribution in [3.63, 3.8) is 0 Å². The molecule has 0 unspecified atom stereocenters. The van der Waals surface area contributed by atoms with Crippen LogP contribution in [0.4, 0.5) is 5.69 Å². The van der Waals surface area contributed by atoms with Gasteiger partial charge in [-0.3, -0.25) is 9.10 Å². The Morgan fingerprint density at radius 1 is 1.03 bits per heavy atom. The molecule has 2 aromatic rings. The van der Waals surface area contributed by atoms with E-state index in [4.69, 9.17) is 0 Å². The van der Waals surface area contributed by atoms with Crippen molar-refractivity contribution in [2.24, 2.45) is 0 Å². The summed E-state index contributed by atoms with van der Waals surface area (Å²) in [6.45, 7) is 8.34. The maximum Gasteiger partial charge on any atom is 0.232 e. The zero-order valence-corrected chi connectivity index (χ0v) is 18.8. The number of rotatable bonds is 9. The molecular formula is C23H32N2O3S. The Kier molecular flexibility index (Phi) is 7.85. The van der Waals surface area contributed by atoms with E-state index in [9.17, 15) is 13.2 Å². The average Bonchev–Trinajstić information content (AvgIpc) is 2.65. The smallest absolute Gasteiger partial charge is 0.232 e. The van der Waals surface area contributed by atoms with Crippen molar-refractivity contribution in [2.75, 3.05) is 17.1 Å². The molecule has 0 heterocycles. The zero-order valence-electron chi connectivity index (χ0n) is 18.0. The van der Waals surface area contributed by atoms with Gasteiger partial charge in [-0.05, 0) is 61.9 Å². The van der Waals surface area contributed by atoms with E-state index in [0.29, 0.717) is 12.1 Å². The SMILES string of the molecule is CC[C@@H](NC(=O)CCCN(c1ccccc1C)S(C)(=O)=O)c1ccc(C)c(C)c1. The van der Waals surface area contributed by atoms with E-state index in [0.717, 1.165) is 17.5 Å². The largest absolute Gasteiger partial charge is 0.349 e. The molecule has 0 radical (unpaired) electrons. The topological polar surface area (TPSA) is 66.5 Å². The molecule has 0 aliphatic carbocycles. The molecule has 0 saturated heterocycles. The van der Waals surface area contributed by atoms with Crippen LogP contribution in [0.2, 0.25) is 0 Å². The van der Waals surface area contributed by atoms with E-state index in [1.807, 2.05) is 32.0 Å². The number of benzene rings is 2. The number of nitrogens with one attached hydrogen (secondary N) is 1. The van der Waals surface area contributed by atoms with Crippen LogP contribution in [0.3, 0.4) is 0 Å². The third kappa shape index (κ3) is 6.32. The second-order valence-corrected chi connectivity index (χ2v) is 9.50. The van der Waals surface area contributed by atoms with Crippen LogP contribution in [0.5, 0.6) is 0 Å². The second-order valence-electron chi connectivity index (χ2n) is 7.60. The zero-order chi connectivity index (χ0) is 21.6. The molecule has 2 aromatic carbocycles. The summed E-state index contributed by atoms with van der Waals surface area (Å²) in [5.41, 5.74) is 5.09. The number of nitrogens with zero attached hydrogens (tertiary/aromatic N) is 1. The second kappa shape index (κ2) is 9.92. The molecule has 6 heteroatoms. The minimum atomic E-state index is -3.42. The number of anilines is 1. The molecule has 0 aromatic heterocycles.